The van der Waals surface area contributed by atoms with Gasteiger partial charge in [-0.15, -0.1) is 10.2 Å². The van der Waals surface area contributed by atoms with Crippen molar-refractivity contribution in [3.8, 4) is 11.6 Å². The number of carbonyl (C=O) groups excluding carboxylic acids is 1. The first kappa shape index (κ1) is 22.1. The minimum absolute atomic E-state index is 0.0257. The summed E-state index contributed by atoms with van der Waals surface area (Å²) >= 11 is 1.38. The summed E-state index contributed by atoms with van der Waals surface area (Å²) in [5.74, 6) is 1.60. The summed E-state index contributed by atoms with van der Waals surface area (Å²) in [6.07, 6.45) is 2.63. The van der Waals surface area contributed by atoms with Crippen LogP contribution >= 0.6 is 11.8 Å². The van der Waals surface area contributed by atoms with E-state index in [-0.39, 0.29) is 17.7 Å². The molecule has 3 aromatic rings. The molecule has 0 aliphatic carbocycles. The molecule has 1 atom stereocenters. The molecule has 1 unspecified atom stereocenters. The molecule has 1 N–H and O–H groups in total. The second-order valence-corrected chi connectivity index (χ2v) is 8.14. The fraction of sp³-hybridized carbons (Fsp3) is 0.409. The molecule has 0 saturated heterocycles. The lowest BCUT2D eigenvalue weighted by Gasteiger charge is -2.25. The van der Waals surface area contributed by atoms with E-state index in [2.05, 4.69) is 51.6 Å². The van der Waals surface area contributed by atoms with Crippen molar-refractivity contribution in [1.29, 1.82) is 0 Å². The number of nitrogens with zero attached hydrogens (tertiary/aromatic N) is 4. The van der Waals surface area contributed by atoms with Crippen molar-refractivity contribution in [2.45, 2.75) is 38.0 Å². The van der Waals surface area contributed by atoms with Gasteiger partial charge in [-0.05, 0) is 50.7 Å². The van der Waals surface area contributed by atoms with Gasteiger partial charge in [0.25, 0.3) is 0 Å². The molecule has 0 radical (unpaired) electrons. The third-order valence-electron chi connectivity index (χ3n) is 5.00. The zero-order valence-corrected chi connectivity index (χ0v) is 18.8. The molecule has 0 saturated carbocycles. The summed E-state index contributed by atoms with van der Waals surface area (Å²) in [4.78, 5) is 14.6. The van der Waals surface area contributed by atoms with E-state index in [9.17, 15) is 4.79 Å². The molecule has 1 aromatic carbocycles. The number of benzene rings is 1. The van der Waals surface area contributed by atoms with Gasteiger partial charge in [-0.3, -0.25) is 9.36 Å². The molecule has 0 bridgehead atoms. The van der Waals surface area contributed by atoms with E-state index in [1.54, 1.807) is 6.26 Å². The van der Waals surface area contributed by atoms with E-state index < -0.39 is 0 Å². The normalized spacial score (nSPS) is 12.3. The molecule has 0 aliphatic heterocycles. The number of thioether (sulfide) groups is 1. The van der Waals surface area contributed by atoms with Gasteiger partial charge >= 0.3 is 0 Å². The van der Waals surface area contributed by atoms with Gasteiger partial charge < -0.3 is 14.6 Å². The highest BCUT2D eigenvalue weighted by Gasteiger charge is 2.18. The number of furan rings is 1. The predicted octanol–water partition coefficient (Wildman–Crippen LogP) is 3.63. The van der Waals surface area contributed by atoms with Crippen LogP contribution < -0.4 is 5.32 Å². The SMILES string of the molecule is CCc1ccc(C(CNC(=O)CSc2nnc(-c3ccco3)n2CC)N(C)C)cc1. The predicted molar refractivity (Wildman–Crippen MR) is 119 cm³/mol. The van der Waals surface area contributed by atoms with Crippen molar-refractivity contribution < 1.29 is 9.21 Å². The number of carbonyl (C=O) groups is 1. The summed E-state index contributed by atoms with van der Waals surface area (Å²) < 4.78 is 7.38. The van der Waals surface area contributed by atoms with Crippen LogP contribution in [0.25, 0.3) is 11.6 Å². The topological polar surface area (TPSA) is 76.2 Å². The number of aryl methyl sites for hydroxylation is 1. The average Bonchev–Trinajstić information content (AvgIpc) is 3.41. The Morgan fingerprint density at radius 2 is 1.97 bits per heavy atom. The fourth-order valence-electron chi connectivity index (χ4n) is 3.23. The number of amides is 1. The number of hydrogen-bond donors (Lipinski definition) is 1. The summed E-state index contributed by atoms with van der Waals surface area (Å²) in [6, 6.07) is 12.4. The van der Waals surface area contributed by atoms with Crippen molar-refractivity contribution in [2.75, 3.05) is 26.4 Å². The minimum Gasteiger partial charge on any atom is -0.461 e. The highest BCUT2D eigenvalue weighted by atomic mass is 32.2. The monoisotopic (exact) mass is 427 g/mol. The summed E-state index contributed by atoms with van der Waals surface area (Å²) in [5, 5.41) is 12.2. The van der Waals surface area contributed by atoms with Crippen LogP contribution in [0.4, 0.5) is 0 Å². The van der Waals surface area contributed by atoms with Gasteiger partial charge in [0.2, 0.25) is 5.91 Å². The second-order valence-electron chi connectivity index (χ2n) is 7.20. The Balaban J connectivity index is 1.57. The van der Waals surface area contributed by atoms with Crippen molar-refractivity contribution in [3.63, 3.8) is 0 Å². The third kappa shape index (κ3) is 5.31. The van der Waals surface area contributed by atoms with Gasteiger partial charge in [0, 0.05) is 13.1 Å². The van der Waals surface area contributed by atoms with E-state index in [0.717, 1.165) is 6.42 Å². The molecule has 2 heterocycles. The Morgan fingerprint density at radius 1 is 1.20 bits per heavy atom. The van der Waals surface area contributed by atoms with Crippen molar-refractivity contribution >= 4 is 17.7 Å². The molecule has 0 fully saturated rings. The van der Waals surface area contributed by atoms with Gasteiger partial charge in [0.15, 0.2) is 16.7 Å². The van der Waals surface area contributed by atoms with Gasteiger partial charge in [0.05, 0.1) is 18.1 Å². The Labute approximate surface area is 181 Å². The maximum atomic E-state index is 12.5. The lowest BCUT2D eigenvalue weighted by molar-refractivity contribution is -0.118. The lowest BCUT2D eigenvalue weighted by Crippen LogP contribution is -2.35. The van der Waals surface area contributed by atoms with Crippen molar-refractivity contribution in [2.24, 2.45) is 0 Å². The maximum Gasteiger partial charge on any atom is 0.230 e. The van der Waals surface area contributed by atoms with E-state index >= 15 is 0 Å². The van der Waals surface area contributed by atoms with Crippen LogP contribution in [0.1, 0.15) is 31.0 Å². The van der Waals surface area contributed by atoms with Gasteiger partial charge in [0.1, 0.15) is 0 Å². The first-order valence-electron chi connectivity index (χ1n) is 10.1. The molecule has 0 aliphatic rings. The van der Waals surface area contributed by atoms with Gasteiger partial charge in [-0.25, -0.2) is 0 Å². The Hall–Kier alpha value is -2.58. The van der Waals surface area contributed by atoms with E-state index in [0.29, 0.717) is 29.8 Å². The average molecular weight is 428 g/mol. The zero-order chi connectivity index (χ0) is 21.5. The largest absolute Gasteiger partial charge is 0.461 e. The molecule has 1 amide bonds. The van der Waals surface area contributed by atoms with Crippen molar-refractivity contribution in [1.82, 2.24) is 25.0 Å². The number of rotatable bonds is 10. The molecular weight excluding hydrogens is 398 g/mol. The molecule has 30 heavy (non-hydrogen) atoms. The first-order chi connectivity index (χ1) is 14.5. The molecule has 7 nitrogen and oxygen atoms in total. The summed E-state index contributed by atoms with van der Waals surface area (Å²) in [7, 11) is 4.05. The highest BCUT2D eigenvalue weighted by Crippen LogP contribution is 2.24. The highest BCUT2D eigenvalue weighted by molar-refractivity contribution is 7.99. The van der Waals surface area contributed by atoms with Crippen molar-refractivity contribution in [3.05, 3.63) is 53.8 Å². The molecular formula is C22H29N5O2S. The number of hydrogen-bond acceptors (Lipinski definition) is 6. The van der Waals surface area contributed by atoms with Gasteiger partial charge in [-0.2, -0.15) is 0 Å². The van der Waals surface area contributed by atoms with Crippen LogP contribution in [-0.4, -0.2) is 52.0 Å². The lowest BCUT2D eigenvalue weighted by atomic mass is 10.0. The van der Waals surface area contributed by atoms with E-state index in [1.165, 1.54) is 22.9 Å². The molecule has 160 valence electrons. The quantitative estimate of drug-likeness (QED) is 0.498. The number of aromatic nitrogens is 3. The Bertz CT molecular complexity index is 935. The molecule has 8 heteroatoms. The molecule has 2 aromatic heterocycles. The number of likely N-dealkylation sites (N-methyl/N-ethyl adjacent to an activating group) is 1. The smallest absolute Gasteiger partial charge is 0.230 e. The van der Waals surface area contributed by atoms with E-state index in [1.807, 2.05) is 37.7 Å². The van der Waals surface area contributed by atoms with Gasteiger partial charge in [-0.1, -0.05) is 43.0 Å². The second kappa shape index (κ2) is 10.4. The molecule has 3 rings (SSSR count). The first-order valence-corrected chi connectivity index (χ1v) is 11.1. The maximum absolute atomic E-state index is 12.5. The van der Waals surface area contributed by atoms with Crippen LogP contribution in [0, 0.1) is 0 Å². The standard InChI is InChI=1S/C22H29N5O2S/c1-5-16-9-11-17(12-10-16)18(26(3)4)14-23-20(28)15-30-22-25-24-21(27(22)6-2)19-8-7-13-29-19/h7-13,18H,5-6,14-15H2,1-4H3,(H,23,28). The fourth-order valence-corrected chi connectivity index (χ4v) is 4.07. The summed E-state index contributed by atoms with van der Waals surface area (Å²) in [6.45, 7) is 5.41. The van der Waals surface area contributed by atoms with Crippen LogP contribution in [0.3, 0.4) is 0 Å². The summed E-state index contributed by atoms with van der Waals surface area (Å²) in [5.41, 5.74) is 2.50. The van der Waals surface area contributed by atoms with Crippen LogP contribution in [0.15, 0.2) is 52.2 Å². The minimum atomic E-state index is -0.0257. The van der Waals surface area contributed by atoms with Crippen LogP contribution in [0.5, 0.6) is 0 Å². The zero-order valence-electron chi connectivity index (χ0n) is 18.0. The number of nitrogens with one attached hydrogen (secondary N) is 1. The third-order valence-corrected chi connectivity index (χ3v) is 5.96. The van der Waals surface area contributed by atoms with Crippen LogP contribution in [0.2, 0.25) is 0 Å². The Morgan fingerprint density at radius 3 is 2.57 bits per heavy atom. The molecule has 0 spiro atoms. The van der Waals surface area contributed by atoms with E-state index in [4.69, 9.17) is 4.42 Å². The Kier molecular flexibility index (Phi) is 7.70. The van der Waals surface area contributed by atoms with Crippen LogP contribution in [-0.2, 0) is 17.8 Å².